The summed E-state index contributed by atoms with van der Waals surface area (Å²) in [7, 11) is 0. The fourth-order valence-corrected chi connectivity index (χ4v) is 4.68. The first-order chi connectivity index (χ1) is 16.4. The van der Waals surface area contributed by atoms with Crippen molar-refractivity contribution in [3.8, 4) is 5.69 Å². The SMILES string of the molecule is FC(F)(F)c1cccc(-n2cccc2C2C(c3ccccn3)NC(=S)N2Cc2ccccc2)c1. The molecule has 3 heterocycles. The van der Waals surface area contributed by atoms with Crippen molar-refractivity contribution in [2.45, 2.75) is 24.8 Å². The van der Waals surface area contributed by atoms with E-state index in [0.29, 0.717) is 17.3 Å². The molecule has 2 aromatic heterocycles. The second kappa shape index (κ2) is 8.95. The number of halogens is 3. The summed E-state index contributed by atoms with van der Waals surface area (Å²) in [5, 5.41) is 3.97. The number of aromatic nitrogens is 2. The summed E-state index contributed by atoms with van der Waals surface area (Å²) in [5.41, 5.74) is 2.45. The number of rotatable bonds is 5. The van der Waals surface area contributed by atoms with Gasteiger partial charge < -0.3 is 14.8 Å². The number of hydrogen-bond donors (Lipinski definition) is 1. The molecule has 0 radical (unpaired) electrons. The number of nitrogens with one attached hydrogen (secondary N) is 1. The number of thiocarbonyl (C=S) groups is 1. The molecule has 5 rings (SSSR count). The van der Waals surface area contributed by atoms with Crippen molar-refractivity contribution in [2.24, 2.45) is 0 Å². The van der Waals surface area contributed by atoms with Gasteiger partial charge in [0.25, 0.3) is 0 Å². The zero-order chi connectivity index (χ0) is 23.7. The number of alkyl halides is 3. The molecule has 8 heteroatoms. The van der Waals surface area contributed by atoms with E-state index in [0.717, 1.165) is 23.0 Å². The summed E-state index contributed by atoms with van der Waals surface area (Å²) >= 11 is 5.73. The number of pyridine rings is 1. The highest BCUT2D eigenvalue weighted by Crippen LogP contribution is 2.40. The molecule has 1 saturated heterocycles. The van der Waals surface area contributed by atoms with Gasteiger partial charge >= 0.3 is 6.18 Å². The minimum Gasteiger partial charge on any atom is -0.352 e. The van der Waals surface area contributed by atoms with Crippen molar-refractivity contribution < 1.29 is 13.2 Å². The molecule has 4 aromatic rings. The summed E-state index contributed by atoms with van der Waals surface area (Å²) in [5.74, 6) is 0. The van der Waals surface area contributed by atoms with E-state index in [4.69, 9.17) is 12.2 Å². The van der Waals surface area contributed by atoms with Crippen LogP contribution in [0.4, 0.5) is 13.2 Å². The number of hydrogen-bond acceptors (Lipinski definition) is 2. The van der Waals surface area contributed by atoms with E-state index >= 15 is 0 Å². The first-order valence-corrected chi connectivity index (χ1v) is 11.2. The molecule has 0 saturated carbocycles. The lowest BCUT2D eigenvalue weighted by Crippen LogP contribution is -2.30. The van der Waals surface area contributed by atoms with Crippen LogP contribution in [0.2, 0.25) is 0 Å². The van der Waals surface area contributed by atoms with E-state index in [1.54, 1.807) is 23.0 Å². The van der Waals surface area contributed by atoms with E-state index < -0.39 is 11.7 Å². The topological polar surface area (TPSA) is 33.1 Å². The van der Waals surface area contributed by atoms with Crippen molar-refractivity contribution in [3.63, 3.8) is 0 Å². The molecule has 0 spiro atoms. The van der Waals surface area contributed by atoms with Gasteiger partial charge in [-0.1, -0.05) is 42.5 Å². The lowest BCUT2D eigenvalue weighted by Gasteiger charge is -2.29. The Hall–Kier alpha value is -3.65. The lowest BCUT2D eigenvalue weighted by atomic mass is 10.0. The van der Waals surface area contributed by atoms with Crippen LogP contribution in [0.25, 0.3) is 5.69 Å². The molecule has 2 aromatic carbocycles. The van der Waals surface area contributed by atoms with Gasteiger partial charge in [0.2, 0.25) is 0 Å². The first kappa shape index (κ1) is 22.2. The fourth-order valence-electron chi connectivity index (χ4n) is 4.38. The van der Waals surface area contributed by atoms with Crippen LogP contribution in [0, 0.1) is 0 Å². The van der Waals surface area contributed by atoms with Crippen molar-refractivity contribution in [3.05, 3.63) is 120 Å². The average Bonchev–Trinajstić information content (AvgIpc) is 3.45. The summed E-state index contributed by atoms with van der Waals surface area (Å²) in [4.78, 5) is 6.61. The third-order valence-electron chi connectivity index (χ3n) is 5.93. The third-order valence-corrected chi connectivity index (χ3v) is 6.28. The Balaban J connectivity index is 1.60. The van der Waals surface area contributed by atoms with Crippen molar-refractivity contribution >= 4 is 17.3 Å². The van der Waals surface area contributed by atoms with Crippen molar-refractivity contribution in [2.75, 3.05) is 0 Å². The van der Waals surface area contributed by atoms with Crippen LogP contribution in [0.3, 0.4) is 0 Å². The quantitative estimate of drug-likeness (QED) is 0.353. The molecule has 1 N–H and O–H groups in total. The Bertz CT molecular complexity index is 1290. The minimum atomic E-state index is -4.42. The van der Waals surface area contributed by atoms with Gasteiger partial charge in [-0.25, -0.2) is 0 Å². The molecule has 2 unspecified atom stereocenters. The van der Waals surface area contributed by atoms with E-state index in [1.165, 1.54) is 12.1 Å². The summed E-state index contributed by atoms with van der Waals surface area (Å²) in [6, 6.07) is 24.2. The molecule has 1 aliphatic heterocycles. The molecule has 0 aliphatic carbocycles. The van der Waals surface area contributed by atoms with Gasteiger partial charge in [-0.3, -0.25) is 4.98 Å². The van der Waals surface area contributed by atoms with E-state index in [2.05, 4.69) is 15.2 Å². The molecule has 0 bridgehead atoms. The van der Waals surface area contributed by atoms with E-state index in [9.17, 15) is 13.2 Å². The van der Waals surface area contributed by atoms with Crippen LogP contribution in [0.1, 0.15) is 34.6 Å². The predicted octanol–water partition coefficient (Wildman–Crippen LogP) is 6.06. The van der Waals surface area contributed by atoms with E-state index in [1.807, 2.05) is 60.7 Å². The summed E-state index contributed by atoms with van der Waals surface area (Å²) in [6.45, 7) is 0.550. The maximum atomic E-state index is 13.4. The van der Waals surface area contributed by atoms with Gasteiger partial charge in [-0.05, 0) is 60.2 Å². The summed E-state index contributed by atoms with van der Waals surface area (Å²) in [6.07, 6.45) is -0.916. The highest BCUT2D eigenvalue weighted by molar-refractivity contribution is 7.80. The molecule has 2 atom stereocenters. The largest absolute Gasteiger partial charge is 0.416 e. The third kappa shape index (κ3) is 4.28. The van der Waals surface area contributed by atoms with Gasteiger partial charge in [0.1, 0.15) is 0 Å². The van der Waals surface area contributed by atoms with Crippen LogP contribution >= 0.6 is 12.2 Å². The maximum Gasteiger partial charge on any atom is 0.416 e. The standard InChI is InChI=1S/C26H21F3N4S/c27-26(28,29)19-10-6-11-20(16-19)32-15-7-13-22(32)24-23(21-12-4-5-14-30-21)31-25(34)33(24)17-18-8-2-1-3-9-18/h1-16,23-24H,17H2,(H,31,34). The molecule has 0 amide bonds. The zero-order valence-corrected chi connectivity index (χ0v) is 18.8. The Kier molecular flexibility index (Phi) is 5.83. The zero-order valence-electron chi connectivity index (χ0n) is 18.0. The Labute approximate surface area is 200 Å². The normalized spacial score (nSPS) is 18.2. The van der Waals surface area contributed by atoms with Gasteiger partial charge in [-0.15, -0.1) is 0 Å². The minimum absolute atomic E-state index is 0.267. The van der Waals surface area contributed by atoms with Crippen molar-refractivity contribution in [1.29, 1.82) is 0 Å². The van der Waals surface area contributed by atoms with Gasteiger partial charge in [0.15, 0.2) is 5.11 Å². The molecular formula is C26H21F3N4S. The Morgan fingerprint density at radius 2 is 1.71 bits per heavy atom. The number of benzene rings is 2. The monoisotopic (exact) mass is 478 g/mol. The fraction of sp³-hybridized carbons (Fsp3) is 0.154. The van der Waals surface area contributed by atoms with Gasteiger partial charge in [0, 0.05) is 30.3 Å². The highest BCUT2D eigenvalue weighted by Gasteiger charge is 2.41. The lowest BCUT2D eigenvalue weighted by molar-refractivity contribution is -0.137. The van der Waals surface area contributed by atoms with Crippen molar-refractivity contribution in [1.82, 2.24) is 19.8 Å². The molecule has 172 valence electrons. The summed E-state index contributed by atoms with van der Waals surface area (Å²) < 4.78 is 42.0. The Morgan fingerprint density at radius 3 is 2.44 bits per heavy atom. The molecule has 1 aliphatic rings. The molecule has 4 nitrogen and oxygen atoms in total. The molecular weight excluding hydrogens is 457 g/mol. The van der Waals surface area contributed by atoms with Gasteiger partial charge in [0.05, 0.1) is 23.3 Å². The average molecular weight is 479 g/mol. The van der Waals surface area contributed by atoms with Crippen LogP contribution in [-0.4, -0.2) is 19.6 Å². The molecule has 1 fully saturated rings. The molecule has 34 heavy (non-hydrogen) atoms. The smallest absolute Gasteiger partial charge is 0.352 e. The van der Waals surface area contributed by atoms with Crippen LogP contribution in [0.5, 0.6) is 0 Å². The second-order valence-electron chi connectivity index (χ2n) is 8.09. The van der Waals surface area contributed by atoms with Gasteiger partial charge in [-0.2, -0.15) is 13.2 Å². The Morgan fingerprint density at radius 1 is 0.912 bits per heavy atom. The van der Waals surface area contributed by atoms with Crippen LogP contribution in [-0.2, 0) is 12.7 Å². The number of nitrogens with zero attached hydrogens (tertiary/aromatic N) is 3. The maximum absolute atomic E-state index is 13.4. The highest BCUT2D eigenvalue weighted by atomic mass is 32.1. The predicted molar refractivity (Wildman–Crippen MR) is 128 cm³/mol. The van der Waals surface area contributed by atoms with Crippen LogP contribution < -0.4 is 5.32 Å². The van der Waals surface area contributed by atoms with E-state index in [-0.39, 0.29) is 12.1 Å². The second-order valence-corrected chi connectivity index (χ2v) is 8.48. The van der Waals surface area contributed by atoms with Crippen LogP contribution in [0.15, 0.2) is 97.3 Å². The first-order valence-electron chi connectivity index (χ1n) is 10.8.